The SMILES string of the molecule is CC(=O)Oc1ccc(C2C3=C(CC(C)(C)CC3=O)OC3=C2C(=O)CC(C)(C)C3)cc1OC(C)=O. The van der Waals surface area contributed by atoms with Crippen LogP contribution < -0.4 is 9.47 Å². The second-order valence-electron chi connectivity index (χ2n) is 11.0. The van der Waals surface area contributed by atoms with Crippen molar-refractivity contribution in [3.8, 4) is 11.5 Å². The monoisotopic (exact) mass is 466 g/mol. The van der Waals surface area contributed by atoms with Crippen molar-refractivity contribution >= 4 is 23.5 Å². The number of Topliss-reactive ketones (excluding diaryl/α,β-unsaturated/α-hetero) is 2. The number of rotatable bonds is 3. The van der Waals surface area contributed by atoms with E-state index >= 15 is 0 Å². The highest BCUT2D eigenvalue weighted by atomic mass is 16.6. The molecule has 0 spiro atoms. The Kier molecular flexibility index (Phi) is 5.78. The average Bonchev–Trinajstić information content (AvgIpc) is 2.65. The van der Waals surface area contributed by atoms with Crippen LogP contribution in [0.4, 0.5) is 0 Å². The molecule has 3 aliphatic rings. The Labute approximate surface area is 199 Å². The Bertz CT molecular complexity index is 1130. The van der Waals surface area contributed by atoms with Gasteiger partial charge in [-0.05, 0) is 28.5 Å². The number of carbonyl (C=O) groups excluding carboxylic acids is 4. The zero-order chi connectivity index (χ0) is 25.0. The zero-order valence-electron chi connectivity index (χ0n) is 20.5. The van der Waals surface area contributed by atoms with Gasteiger partial charge in [-0.25, -0.2) is 0 Å². The fourth-order valence-corrected chi connectivity index (χ4v) is 5.19. The maximum atomic E-state index is 13.4. The smallest absolute Gasteiger partial charge is 0.308 e. The summed E-state index contributed by atoms with van der Waals surface area (Å²) in [5, 5.41) is 0. The van der Waals surface area contributed by atoms with E-state index in [9.17, 15) is 19.2 Å². The van der Waals surface area contributed by atoms with Crippen LogP contribution in [0.25, 0.3) is 0 Å². The molecule has 2 aliphatic carbocycles. The lowest BCUT2D eigenvalue weighted by Gasteiger charge is -2.42. The third kappa shape index (κ3) is 4.56. The minimum atomic E-state index is -0.633. The average molecular weight is 467 g/mol. The predicted molar refractivity (Wildman–Crippen MR) is 123 cm³/mol. The van der Waals surface area contributed by atoms with Crippen molar-refractivity contribution in [1.29, 1.82) is 0 Å². The summed E-state index contributed by atoms with van der Waals surface area (Å²) in [6.45, 7) is 10.6. The van der Waals surface area contributed by atoms with Crippen LogP contribution >= 0.6 is 0 Å². The number of benzene rings is 1. The molecule has 1 aromatic carbocycles. The minimum Gasteiger partial charge on any atom is -0.465 e. The molecule has 0 unspecified atom stereocenters. The van der Waals surface area contributed by atoms with Crippen LogP contribution in [0.2, 0.25) is 0 Å². The van der Waals surface area contributed by atoms with Gasteiger partial charge < -0.3 is 14.2 Å². The molecule has 0 saturated heterocycles. The molecule has 0 amide bonds. The molecule has 0 atom stereocenters. The first kappa shape index (κ1) is 23.9. The van der Waals surface area contributed by atoms with E-state index in [1.165, 1.54) is 19.9 Å². The molecule has 0 N–H and O–H groups in total. The summed E-state index contributed by atoms with van der Waals surface area (Å²) in [4.78, 5) is 50.0. The lowest BCUT2D eigenvalue weighted by atomic mass is 9.65. The largest absolute Gasteiger partial charge is 0.465 e. The first-order valence-electron chi connectivity index (χ1n) is 11.5. The van der Waals surface area contributed by atoms with Gasteiger partial charge in [0.15, 0.2) is 23.1 Å². The molecule has 0 saturated carbocycles. The van der Waals surface area contributed by atoms with Crippen LogP contribution in [0.3, 0.4) is 0 Å². The molecular formula is C27H30O7. The molecule has 7 nitrogen and oxygen atoms in total. The van der Waals surface area contributed by atoms with Crippen molar-refractivity contribution in [2.75, 3.05) is 0 Å². The molecule has 1 aromatic rings. The summed E-state index contributed by atoms with van der Waals surface area (Å²) in [5.74, 6) is -0.525. The normalized spacial score (nSPS) is 21.5. The number of esters is 2. The van der Waals surface area contributed by atoms with Crippen LogP contribution in [-0.2, 0) is 23.9 Å². The van der Waals surface area contributed by atoms with E-state index < -0.39 is 17.9 Å². The van der Waals surface area contributed by atoms with Crippen molar-refractivity contribution in [3.05, 3.63) is 46.4 Å². The fourth-order valence-electron chi connectivity index (χ4n) is 5.19. The topological polar surface area (TPSA) is 96.0 Å². The second kappa shape index (κ2) is 8.22. The lowest BCUT2D eigenvalue weighted by Crippen LogP contribution is -2.37. The summed E-state index contributed by atoms with van der Waals surface area (Å²) >= 11 is 0. The predicted octanol–water partition coefficient (Wildman–Crippen LogP) is 4.94. The number of hydrogen-bond donors (Lipinski definition) is 0. The van der Waals surface area contributed by atoms with Crippen molar-refractivity contribution in [2.24, 2.45) is 10.8 Å². The fraction of sp³-hybridized carbons (Fsp3) is 0.481. The van der Waals surface area contributed by atoms with E-state index in [0.29, 0.717) is 53.9 Å². The lowest BCUT2D eigenvalue weighted by molar-refractivity contribution is -0.134. The Morgan fingerprint density at radius 3 is 1.74 bits per heavy atom. The van der Waals surface area contributed by atoms with Crippen LogP contribution in [0, 0.1) is 10.8 Å². The molecule has 1 aliphatic heterocycles. The number of ether oxygens (including phenoxy) is 3. The number of allylic oxidation sites excluding steroid dienone is 4. The maximum Gasteiger partial charge on any atom is 0.308 e. The van der Waals surface area contributed by atoms with Crippen LogP contribution in [0.1, 0.15) is 78.7 Å². The van der Waals surface area contributed by atoms with Crippen molar-refractivity contribution < 1.29 is 33.4 Å². The van der Waals surface area contributed by atoms with E-state index in [2.05, 4.69) is 0 Å². The molecule has 4 rings (SSSR count). The summed E-state index contributed by atoms with van der Waals surface area (Å²) in [6, 6.07) is 4.81. The van der Waals surface area contributed by atoms with Gasteiger partial charge in [-0.1, -0.05) is 33.8 Å². The Morgan fingerprint density at radius 1 is 0.794 bits per heavy atom. The van der Waals surface area contributed by atoms with Crippen molar-refractivity contribution in [3.63, 3.8) is 0 Å². The number of carbonyl (C=O) groups is 4. The molecule has 0 aromatic heterocycles. The van der Waals surface area contributed by atoms with Gasteiger partial charge in [-0.15, -0.1) is 0 Å². The van der Waals surface area contributed by atoms with Gasteiger partial charge >= 0.3 is 11.9 Å². The molecule has 7 heteroatoms. The number of ketones is 2. The molecule has 0 fully saturated rings. The van der Waals surface area contributed by atoms with Gasteiger partial charge in [-0.2, -0.15) is 0 Å². The molecule has 34 heavy (non-hydrogen) atoms. The molecule has 0 bridgehead atoms. The summed E-state index contributed by atoms with van der Waals surface area (Å²) < 4.78 is 16.8. The van der Waals surface area contributed by atoms with E-state index in [0.717, 1.165) is 0 Å². The minimum absolute atomic E-state index is 0.0569. The highest BCUT2D eigenvalue weighted by Crippen LogP contribution is 2.53. The molecule has 0 radical (unpaired) electrons. The van der Waals surface area contributed by atoms with Gasteiger partial charge in [0.2, 0.25) is 0 Å². The van der Waals surface area contributed by atoms with Crippen molar-refractivity contribution in [1.82, 2.24) is 0 Å². The van der Waals surface area contributed by atoms with Gasteiger partial charge in [0, 0.05) is 56.6 Å². The first-order valence-corrected chi connectivity index (χ1v) is 11.5. The van der Waals surface area contributed by atoms with Gasteiger partial charge in [0.1, 0.15) is 11.5 Å². The first-order chi connectivity index (χ1) is 15.8. The van der Waals surface area contributed by atoms with E-state index in [4.69, 9.17) is 14.2 Å². The van der Waals surface area contributed by atoms with E-state index in [-0.39, 0.29) is 33.9 Å². The summed E-state index contributed by atoms with van der Waals surface area (Å²) in [6.07, 6.45) is 1.85. The van der Waals surface area contributed by atoms with Crippen LogP contribution in [0.15, 0.2) is 40.9 Å². The van der Waals surface area contributed by atoms with Gasteiger partial charge in [-0.3, -0.25) is 19.2 Å². The maximum absolute atomic E-state index is 13.4. The van der Waals surface area contributed by atoms with E-state index in [1.807, 2.05) is 27.7 Å². The molecule has 1 heterocycles. The highest BCUT2D eigenvalue weighted by molar-refractivity contribution is 6.06. The Balaban J connectivity index is 1.91. The Hall–Kier alpha value is -3.22. The highest BCUT2D eigenvalue weighted by Gasteiger charge is 2.48. The van der Waals surface area contributed by atoms with E-state index in [1.54, 1.807) is 12.1 Å². The Morgan fingerprint density at radius 2 is 1.26 bits per heavy atom. The quantitative estimate of drug-likeness (QED) is 0.460. The summed E-state index contributed by atoms with van der Waals surface area (Å²) in [5.41, 5.74) is 1.07. The van der Waals surface area contributed by atoms with Crippen LogP contribution in [-0.4, -0.2) is 23.5 Å². The standard InChI is InChI=1S/C27H30O7/c1-14(28)32-19-8-7-16(9-20(19)33-15(2)29)23-24-17(30)10-26(3,4)12-21(24)34-22-13-27(5,6)11-18(31)25(22)23/h7-9,23H,10-13H2,1-6H3. The zero-order valence-corrected chi connectivity index (χ0v) is 20.5. The number of hydrogen-bond acceptors (Lipinski definition) is 7. The van der Waals surface area contributed by atoms with Crippen molar-refractivity contribution in [2.45, 2.75) is 73.1 Å². The van der Waals surface area contributed by atoms with Gasteiger partial charge in [0.25, 0.3) is 0 Å². The molecular weight excluding hydrogens is 436 g/mol. The van der Waals surface area contributed by atoms with Gasteiger partial charge in [0.05, 0.1) is 0 Å². The summed E-state index contributed by atoms with van der Waals surface area (Å²) in [7, 11) is 0. The second-order valence-corrected chi connectivity index (χ2v) is 11.0. The van der Waals surface area contributed by atoms with Crippen LogP contribution in [0.5, 0.6) is 11.5 Å². The third-order valence-electron chi connectivity index (χ3n) is 6.39. The molecule has 180 valence electrons. The third-order valence-corrected chi connectivity index (χ3v) is 6.39.